The highest BCUT2D eigenvalue weighted by Gasteiger charge is 2.19. The van der Waals surface area contributed by atoms with Crippen LogP contribution in [0.3, 0.4) is 0 Å². The second-order valence-corrected chi connectivity index (χ2v) is 13.4. The summed E-state index contributed by atoms with van der Waals surface area (Å²) in [6.07, 6.45) is 0. The molecule has 0 aliphatic carbocycles. The van der Waals surface area contributed by atoms with Crippen molar-refractivity contribution >= 4 is 54.1 Å². The predicted octanol–water partition coefficient (Wildman–Crippen LogP) is 11.4. The predicted molar refractivity (Wildman–Crippen MR) is 207 cm³/mol. The van der Waals surface area contributed by atoms with Gasteiger partial charge in [-0.1, -0.05) is 121 Å². The summed E-state index contributed by atoms with van der Waals surface area (Å²) in [7, 11) is 0. The van der Waals surface area contributed by atoms with Gasteiger partial charge >= 0.3 is 0 Å². The minimum Gasteiger partial charge on any atom is -0.309 e. The van der Waals surface area contributed by atoms with Gasteiger partial charge < -0.3 is 4.57 Å². The van der Waals surface area contributed by atoms with Gasteiger partial charge in [-0.2, -0.15) is 0 Å². The molecular formula is C44H27N5S. The molecule has 0 N–H and O–H groups in total. The molecule has 0 unspecified atom stereocenters. The largest absolute Gasteiger partial charge is 0.309 e. The topological polar surface area (TPSA) is 56.5 Å². The van der Waals surface area contributed by atoms with Gasteiger partial charge in [0, 0.05) is 38.7 Å². The van der Waals surface area contributed by atoms with Gasteiger partial charge in [-0.25, -0.2) is 19.9 Å². The minimum atomic E-state index is 0.645. The van der Waals surface area contributed by atoms with Crippen molar-refractivity contribution < 1.29 is 0 Å². The SMILES string of the molecule is c1ccc(-c2nc(-c3ccccc3)nc(-c3ccc4cc(-n5c6ccccc6c6cccc(-c7nc8ccccc8s7)c65)ccc4c3)n2)cc1. The Balaban J connectivity index is 1.13. The molecule has 0 radical (unpaired) electrons. The van der Waals surface area contributed by atoms with Gasteiger partial charge in [0.05, 0.1) is 21.3 Å². The number of benzene rings is 7. The highest BCUT2D eigenvalue weighted by molar-refractivity contribution is 7.21. The van der Waals surface area contributed by atoms with Gasteiger partial charge in [-0.3, -0.25) is 0 Å². The number of nitrogens with zero attached hydrogens (tertiary/aromatic N) is 5. The molecule has 0 saturated heterocycles. The highest BCUT2D eigenvalue weighted by atomic mass is 32.1. The fourth-order valence-electron chi connectivity index (χ4n) is 6.90. The number of para-hydroxylation sites is 3. The van der Waals surface area contributed by atoms with Crippen LogP contribution in [0.2, 0.25) is 0 Å². The van der Waals surface area contributed by atoms with E-state index < -0.39 is 0 Å². The number of aromatic nitrogens is 5. The Morgan fingerprint density at radius 1 is 0.440 bits per heavy atom. The first-order chi connectivity index (χ1) is 24.8. The summed E-state index contributed by atoms with van der Waals surface area (Å²) in [5.41, 5.74) is 8.44. The Morgan fingerprint density at radius 3 is 1.82 bits per heavy atom. The molecule has 3 heterocycles. The van der Waals surface area contributed by atoms with E-state index in [4.69, 9.17) is 19.9 Å². The molecular weight excluding hydrogens is 631 g/mol. The first-order valence-electron chi connectivity index (χ1n) is 16.6. The molecule has 3 aromatic heterocycles. The second-order valence-electron chi connectivity index (χ2n) is 12.3. The molecule has 0 aliphatic rings. The molecule has 0 spiro atoms. The van der Waals surface area contributed by atoms with Crippen molar-refractivity contribution in [1.29, 1.82) is 0 Å². The third kappa shape index (κ3) is 4.77. The molecule has 0 saturated carbocycles. The molecule has 10 rings (SSSR count). The zero-order valence-corrected chi connectivity index (χ0v) is 27.5. The zero-order chi connectivity index (χ0) is 33.0. The molecule has 0 amide bonds. The van der Waals surface area contributed by atoms with Crippen molar-refractivity contribution in [1.82, 2.24) is 24.5 Å². The van der Waals surface area contributed by atoms with E-state index in [1.165, 1.54) is 21.0 Å². The van der Waals surface area contributed by atoms with E-state index in [1.54, 1.807) is 11.3 Å². The maximum atomic E-state index is 5.07. The summed E-state index contributed by atoms with van der Waals surface area (Å²) in [6.45, 7) is 0. The first kappa shape index (κ1) is 28.5. The fourth-order valence-corrected chi connectivity index (χ4v) is 7.89. The van der Waals surface area contributed by atoms with Gasteiger partial charge in [-0.15, -0.1) is 11.3 Å². The molecule has 5 nitrogen and oxygen atoms in total. The van der Waals surface area contributed by atoms with Crippen LogP contribution in [-0.4, -0.2) is 24.5 Å². The van der Waals surface area contributed by atoms with Crippen LogP contribution in [0.15, 0.2) is 164 Å². The van der Waals surface area contributed by atoms with E-state index >= 15 is 0 Å². The van der Waals surface area contributed by atoms with Crippen LogP contribution < -0.4 is 0 Å². The smallest absolute Gasteiger partial charge is 0.164 e. The Hall–Kier alpha value is -6.50. The number of rotatable bonds is 5. The van der Waals surface area contributed by atoms with Crippen LogP contribution >= 0.6 is 11.3 Å². The molecule has 0 fully saturated rings. The summed E-state index contributed by atoms with van der Waals surface area (Å²) in [6, 6.07) is 56.9. The number of hydrogen-bond donors (Lipinski definition) is 0. The van der Waals surface area contributed by atoms with Crippen LogP contribution in [0.25, 0.3) is 93.2 Å². The third-order valence-corrected chi connectivity index (χ3v) is 10.3. The molecule has 0 aliphatic heterocycles. The Bertz CT molecular complexity index is 2780. The van der Waals surface area contributed by atoms with E-state index in [9.17, 15) is 0 Å². The van der Waals surface area contributed by atoms with Crippen molar-refractivity contribution in [3.8, 4) is 50.4 Å². The Kier molecular flexibility index (Phi) is 6.60. The third-order valence-electron chi connectivity index (χ3n) is 9.26. The monoisotopic (exact) mass is 657 g/mol. The van der Waals surface area contributed by atoms with Crippen LogP contribution in [0.5, 0.6) is 0 Å². The number of thiazole rings is 1. The lowest BCUT2D eigenvalue weighted by molar-refractivity contribution is 1.07. The lowest BCUT2D eigenvalue weighted by Crippen LogP contribution is -2.00. The lowest BCUT2D eigenvalue weighted by Gasteiger charge is -2.12. The number of fused-ring (bicyclic) bond motifs is 5. The van der Waals surface area contributed by atoms with Crippen molar-refractivity contribution in [2.45, 2.75) is 0 Å². The standard InChI is InChI=1S/C44H27N5S/c1-3-12-28(13-4-1)41-46-42(29-14-5-2-6-15-29)48-43(47-41)32-23-22-31-27-33(25-24-30(31)26-32)49-38-20-9-7-16-34(38)35-17-11-18-36(40(35)49)44-45-37-19-8-10-21-39(37)50-44/h1-27H. The summed E-state index contributed by atoms with van der Waals surface area (Å²) in [5.74, 6) is 1.95. The first-order valence-corrected chi connectivity index (χ1v) is 17.4. The lowest BCUT2D eigenvalue weighted by atomic mass is 10.1. The van der Waals surface area contributed by atoms with Gasteiger partial charge in [0.1, 0.15) is 5.01 Å². The van der Waals surface area contributed by atoms with Gasteiger partial charge in [-0.05, 0) is 53.2 Å². The minimum absolute atomic E-state index is 0.645. The summed E-state index contributed by atoms with van der Waals surface area (Å²) in [4.78, 5) is 19.8. The Morgan fingerprint density at radius 2 is 1.06 bits per heavy atom. The van der Waals surface area contributed by atoms with Crippen LogP contribution in [0.4, 0.5) is 0 Å². The van der Waals surface area contributed by atoms with Crippen molar-refractivity contribution in [2.75, 3.05) is 0 Å². The average molecular weight is 658 g/mol. The van der Waals surface area contributed by atoms with Crippen molar-refractivity contribution in [3.05, 3.63) is 164 Å². The van der Waals surface area contributed by atoms with E-state index in [-0.39, 0.29) is 0 Å². The zero-order valence-electron chi connectivity index (χ0n) is 26.7. The van der Waals surface area contributed by atoms with Gasteiger partial charge in [0.15, 0.2) is 17.5 Å². The normalized spacial score (nSPS) is 11.6. The van der Waals surface area contributed by atoms with Crippen molar-refractivity contribution in [2.24, 2.45) is 0 Å². The summed E-state index contributed by atoms with van der Waals surface area (Å²) >= 11 is 1.74. The molecule has 6 heteroatoms. The van der Waals surface area contributed by atoms with Gasteiger partial charge in [0.2, 0.25) is 0 Å². The van der Waals surface area contributed by atoms with E-state index in [2.05, 4.69) is 108 Å². The molecule has 10 aromatic rings. The fraction of sp³-hybridized carbons (Fsp3) is 0. The average Bonchev–Trinajstić information content (AvgIpc) is 3.78. The number of hydrogen-bond acceptors (Lipinski definition) is 5. The maximum absolute atomic E-state index is 5.07. The quantitative estimate of drug-likeness (QED) is 0.185. The van der Waals surface area contributed by atoms with Crippen LogP contribution in [0, 0.1) is 0 Å². The van der Waals surface area contributed by atoms with Gasteiger partial charge in [0.25, 0.3) is 0 Å². The maximum Gasteiger partial charge on any atom is 0.164 e. The summed E-state index contributed by atoms with van der Waals surface area (Å²) in [5, 5.41) is 5.70. The second kappa shape index (κ2) is 11.6. The molecule has 0 bridgehead atoms. The molecule has 7 aromatic carbocycles. The summed E-state index contributed by atoms with van der Waals surface area (Å²) < 4.78 is 3.58. The molecule has 234 valence electrons. The highest BCUT2D eigenvalue weighted by Crippen LogP contribution is 2.41. The molecule has 50 heavy (non-hydrogen) atoms. The van der Waals surface area contributed by atoms with Crippen LogP contribution in [0.1, 0.15) is 0 Å². The van der Waals surface area contributed by atoms with E-state index in [0.717, 1.165) is 54.8 Å². The van der Waals surface area contributed by atoms with E-state index in [0.29, 0.717) is 17.5 Å². The Labute approximate surface area is 291 Å². The van der Waals surface area contributed by atoms with Crippen molar-refractivity contribution in [3.63, 3.8) is 0 Å². The van der Waals surface area contributed by atoms with Crippen LogP contribution in [-0.2, 0) is 0 Å². The molecule has 0 atom stereocenters. The van der Waals surface area contributed by atoms with E-state index in [1.807, 2.05) is 60.7 Å².